The van der Waals surface area contributed by atoms with Gasteiger partial charge in [0.15, 0.2) is 11.5 Å². The molecule has 16 heavy (non-hydrogen) atoms. The number of oxazole rings is 1. The lowest BCUT2D eigenvalue weighted by Crippen LogP contribution is -2.24. The van der Waals surface area contributed by atoms with E-state index in [2.05, 4.69) is 20.9 Å². The van der Waals surface area contributed by atoms with Gasteiger partial charge in [-0.2, -0.15) is 0 Å². The molecule has 0 aliphatic carbocycles. The predicted molar refractivity (Wildman–Crippen MR) is 65.3 cm³/mol. The van der Waals surface area contributed by atoms with Gasteiger partial charge in [-0.15, -0.1) is 0 Å². The monoisotopic (exact) mass is 284 g/mol. The molecule has 1 aromatic carbocycles. The first kappa shape index (κ1) is 11.6. The molecule has 0 fully saturated rings. The van der Waals surface area contributed by atoms with Crippen LogP contribution in [0.25, 0.3) is 11.1 Å². The molecule has 5 heteroatoms. The molecule has 2 aromatic rings. The number of ether oxygens (including phenoxy) is 1. The fourth-order valence-electron chi connectivity index (χ4n) is 1.49. The Morgan fingerprint density at radius 1 is 1.56 bits per heavy atom. The molecular weight excluding hydrogens is 272 g/mol. The van der Waals surface area contributed by atoms with Crippen LogP contribution in [0.15, 0.2) is 27.1 Å². The molecule has 0 radical (unpaired) electrons. The second-order valence-corrected chi connectivity index (χ2v) is 4.43. The molecule has 0 spiro atoms. The summed E-state index contributed by atoms with van der Waals surface area (Å²) in [5.41, 5.74) is 7.17. The summed E-state index contributed by atoms with van der Waals surface area (Å²) in [5, 5.41) is 0. The number of benzene rings is 1. The average Bonchev–Trinajstić information content (AvgIpc) is 2.67. The smallest absolute Gasteiger partial charge is 0.198 e. The van der Waals surface area contributed by atoms with Crippen molar-refractivity contribution >= 4 is 27.0 Å². The van der Waals surface area contributed by atoms with Crippen molar-refractivity contribution in [3.8, 4) is 0 Å². The standard InChI is InChI=1S/C11H13BrN2O2/c1-15-8(6-13)5-11-14-9-4-7(12)2-3-10(9)16-11/h2-4,8H,5-6,13H2,1H3. The third-order valence-electron chi connectivity index (χ3n) is 2.39. The number of methoxy groups -OCH3 is 1. The van der Waals surface area contributed by atoms with Gasteiger partial charge >= 0.3 is 0 Å². The van der Waals surface area contributed by atoms with Crippen molar-refractivity contribution in [2.75, 3.05) is 13.7 Å². The summed E-state index contributed by atoms with van der Waals surface area (Å²) in [7, 11) is 1.64. The highest BCUT2D eigenvalue weighted by Crippen LogP contribution is 2.21. The van der Waals surface area contributed by atoms with Gasteiger partial charge in [0.25, 0.3) is 0 Å². The largest absolute Gasteiger partial charge is 0.441 e. The van der Waals surface area contributed by atoms with Gasteiger partial charge in [0.05, 0.1) is 12.5 Å². The number of nitrogens with zero attached hydrogens (tertiary/aromatic N) is 1. The molecule has 2 N–H and O–H groups in total. The van der Waals surface area contributed by atoms with Crippen LogP contribution in [0.2, 0.25) is 0 Å². The molecule has 0 saturated carbocycles. The second kappa shape index (κ2) is 4.95. The van der Waals surface area contributed by atoms with E-state index in [1.807, 2.05) is 18.2 Å². The molecule has 2 rings (SSSR count). The van der Waals surface area contributed by atoms with Gasteiger partial charge in [-0.1, -0.05) is 15.9 Å². The third-order valence-corrected chi connectivity index (χ3v) is 2.89. The van der Waals surface area contributed by atoms with Crippen LogP contribution in [0, 0.1) is 0 Å². The third kappa shape index (κ3) is 2.42. The minimum atomic E-state index is -0.0449. The Morgan fingerprint density at radius 3 is 3.06 bits per heavy atom. The van der Waals surface area contributed by atoms with E-state index in [0.29, 0.717) is 18.9 Å². The summed E-state index contributed by atoms with van der Waals surface area (Å²) in [4.78, 5) is 4.38. The zero-order chi connectivity index (χ0) is 11.5. The maximum Gasteiger partial charge on any atom is 0.198 e. The van der Waals surface area contributed by atoms with Crippen molar-refractivity contribution in [3.05, 3.63) is 28.6 Å². The normalized spacial score (nSPS) is 13.2. The molecule has 4 nitrogen and oxygen atoms in total. The Labute approximate surface area is 102 Å². The van der Waals surface area contributed by atoms with Crippen molar-refractivity contribution in [1.82, 2.24) is 4.98 Å². The van der Waals surface area contributed by atoms with Crippen LogP contribution in [0.4, 0.5) is 0 Å². The van der Waals surface area contributed by atoms with Crippen LogP contribution in [-0.2, 0) is 11.2 Å². The summed E-state index contributed by atoms with van der Waals surface area (Å²) in [6, 6.07) is 5.74. The SMILES string of the molecule is COC(CN)Cc1nc2cc(Br)ccc2o1. The molecular formula is C11H13BrN2O2. The summed E-state index contributed by atoms with van der Waals surface area (Å²) in [6.45, 7) is 0.457. The van der Waals surface area contributed by atoms with Crippen molar-refractivity contribution in [2.24, 2.45) is 5.73 Å². The van der Waals surface area contributed by atoms with E-state index in [1.54, 1.807) is 7.11 Å². The Balaban J connectivity index is 2.25. The minimum Gasteiger partial charge on any atom is -0.441 e. The van der Waals surface area contributed by atoms with Crippen molar-refractivity contribution in [1.29, 1.82) is 0 Å². The molecule has 1 aromatic heterocycles. The van der Waals surface area contributed by atoms with Crippen LogP contribution in [-0.4, -0.2) is 24.7 Å². The fraction of sp³-hybridized carbons (Fsp3) is 0.364. The van der Waals surface area contributed by atoms with Gasteiger partial charge in [-0.05, 0) is 18.2 Å². The minimum absolute atomic E-state index is 0.0449. The zero-order valence-corrected chi connectivity index (χ0v) is 10.5. The number of rotatable bonds is 4. The maximum atomic E-state index is 5.59. The maximum absolute atomic E-state index is 5.59. The van der Waals surface area contributed by atoms with E-state index in [1.165, 1.54) is 0 Å². The first-order valence-electron chi connectivity index (χ1n) is 5.00. The molecule has 0 bridgehead atoms. The second-order valence-electron chi connectivity index (χ2n) is 3.52. The molecule has 86 valence electrons. The first-order chi connectivity index (χ1) is 7.72. The first-order valence-corrected chi connectivity index (χ1v) is 5.80. The van der Waals surface area contributed by atoms with Gasteiger partial charge in [0, 0.05) is 18.1 Å². The van der Waals surface area contributed by atoms with Gasteiger partial charge in [-0.3, -0.25) is 0 Å². The summed E-state index contributed by atoms with van der Waals surface area (Å²) in [6.07, 6.45) is 0.552. The Bertz CT molecular complexity index is 480. The van der Waals surface area contributed by atoms with Gasteiger partial charge in [0.1, 0.15) is 5.52 Å². The Hall–Kier alpha value is -0.910. The van der Waals surface area contributed by atoms with E-state index in [-0.39, 0.29) is 6.10 Å². The highest BCUT2D eigenvalue weighted by Gasteiger charge is 2.12. The van der Waals surface area contributed by atoms with Gasteiger partial charge in [0.2, 0.25) is 0 Å². The van der Waals surface area contributed by atoms with E-state index in [0.717, 1.165) is 15.6 Å². The number of aromatic nitrogens is 1. The molecule has 0 saturated heterocycles. The lowest BCUT2D eigenvalue weighted by molar-refractivity contribution is 0.104. The van der Waals surface area contributed by atoms with E-state index in [9.17, 15) is 0 Å². The van der Waals surface area contributed by atoms with Crippen LogP contribution in [0.1, 0.15) is 5.89 Å². The zero-order valence-electron chi connectivity index (χ0n) is 8.94. The van der Waals surface area contributed by atoms with E-state index in [4.69, 9.17) is 14.9 Å². The molecule has 0 aliphatic heterocycles. The van der Waals surface area contributed by atoms with Crippen LogP contribution in [0.5, 0.6) is 0 Å². The lowest BCUT2D eigenvalue weighted by Gasteiger charge is -2.09. The highest BCUT2D eigenvalue weighted by atomic mass is 79.9. The van der Waals surface area contributed by atoms with Crippen LogP contribution >= 0.6 is 15.9 Å². The van der Waals surface area contributed by atoms with Crippen molar-refractivity contribution in [2.45, 2.75) is 12.5 Å². The van der Waals surface area contributed by atoms with E-state index >= 15 is 0 Å². The Kier molecular flexibility index (Phi) is 3.58. The fourth-order valence-corrected chi connectivity index (χ4v) is 1.84. The summed E-state index contributed by atoms with van der Waals surface area (Å²) < 4.78 is 11.8. The number of hydrogen-bond acceptors (Lipinski definition) is 4. The molecule has 0 aliphatic rings. The topological polar surface area (TPSA) is 61.3 Å². The van der Waals surface area contributed by atoms with Gasteiger partial charge in [-0.25, -0.2) is 4.98 Å². The molecule has 1 atom stereocenters. The molecule has 1 heterocycles. The lowest BCUT2D eigenvalue weighted by atomic mass is 10.2. The Morgan fingerprint density at radius 2 is 2.38 bits per heavy atom. The van der Waals surface area contributed by atoms with Crippen LogP contribution in [0.3, 0.4) is 0 Å². The predicted octanol–water partition coefficient (Wildman–Crippen LogP) is 2.11. The van der Waals surface area contributed by atoms with Gasteiger partial charge < -0.3 is 14.9 Å². The number of nitrogens with two attached hydrogens (primary N) is 1. The molecule has 1 unspecified atom stereocenters. The summed E-state index contributed by atoms with van der Waals surface area (Å²) in [5.74, 6) is 0.658. The average molecular weight is 285 g/mol. The number of hydrogen-bond donors (Lipinski definition) is 1. The quantitative estimate of drug-likeness (QED) is 0.934. The van der Waals surface area contributed by atoms with Crippen molar-refractivity contribution in [3.63, 3.8) is 0 Å². The van der Waals surface area contributed by atoms with E-state index < -0.39 is 0 Å². The number of fused-ring (bicyclic) bond motifs is 1. The molecule has 0 amide bonds. The van der Waals surface area contributed by atoms with Crippen LogP contribution < -0.4 is 5.73 Å². The highest BCUT2D eigenvalue weighted by molar-refractivity contribution is 9.10. The van der Waals surface area contributed by atoms with Crippen molar-refractivity contribution < 1.29 is 9.15 Å². The summed E-state index contributed by atoms with van der Waals surface area (Å²) >= 11 is 3.39. The number of halogens is 1.